The molecule has 0 bridgehead atoms. The van der Waals surface area contributed by atoms with Gasteiger partial charge in [-0.15, -0.1) is 0 Å². The van der Waals surface area contributed by atoms with E-state index in [1.165, 1.54) is 48.8 Å². The van der Waals surface area contributed by atoms with E-state index >= 15 is 0 Å². The van der Waals surface area contributed by atoms with Crippen molar-refractivity contribution in [1.82, 2.24) is 0 Å². The summed E-state index contributed by atoms with van der Waals surface area (Å²) in [4.78, 5) is 0. The average Bonchev–Trinajstić information content (AvgIpc) is 2.34. The molecule has 2 N–H and O–H groups in total. The second-order valence-corrected chi connectivity index (χ2v) is 6.28. The van der Waals surface area contributed by atoms with Crippen molar-refractivity contribution >= 4 is 0 Å². The van der Waals surface area contributed by atoms with Gasteiger partial charge in [-0.3, -0.25) is 0 Å². The van der Waals surface area contributed by atoms with E-state index in [0.29, 0.717) is 0 Å². The van der Waals surface area contributed by atoms with Crippen LogP contribution in [0.2, 0.25) is 0 Å². The molecule has 1 aliphatic carbocycles. The molecule has 0 radical (unpaired) electrons. The Labute approximate surface area is 112 Å². The van der Waals surface area contributed by atoms with Crippen molar-refractivity contribution in [1.29, 1.82) is 0 Å². The number of hydrogen-bond donors (Lipinski definition) is 1. The summed E-state index contributed by atoms with van der Waals surface area (Å²) in [6, 6.07) is 6.57. The highest BCUT2D eigenvalue weighted by Crippen LogP contribution is 2.35. The molecular weight excluding hydrogens is 218 g/mol. The molecule has 2 unspecified atom stereocenters. The summed E-state index contributed by atoms with van der Waals surface area (Å²) in [6.07, 6.45) is 7.42. The molecule has 0 aliphatic heterocycles. The van der Waals surface area contributed by atoms with Gasteiger partial charge in [0.25, 0.3) is 0 Å². The van der Waals surface area contributed by atoms with Gasteiger partial charge in [0.2, 0.25) is 0 Å². The van der Waals surface area contributed by atoms with Gasteiger partial charge in [0.1, 0.15) is 0 Å². The van der Waals surface area contributed by atoms with Crippen molar-refractivity contribution in [2.24, 2.45) is 11.7 Å². The zero-order valence-electron chi connectivity index (χ0n) is 12.1. The fourth-order valence-corrected chi connectivity index (χ4v) is 3.51. The van der Waals surface area contributed by atoms with Crippen LogP contribution in [0.3, 0.4) is 0 Å². The molecule has 1 aromatic rings. The molecule has 0 spiro atoms. The van der Waals surface area contributed by atoms with Gasteiger partial charge < -0.3 is 5.73 Å². The molecule has 1 heteroatoms. The third-order valence-corrected chi connectivity index (χ3v) is 4.73. The highest BCUT2D eigenvalue weighted by molar-refractivity contribution is 5.35. The van der Waals surface area contributed by atoms with Gasteiger partial charge in [0.05, 0.1) is 0 Å². The Morgan fingerprint density at radius 2 is 1.94 bits per heavy atom. The van der Waals surface area contributed by atoms with E-state index in [9.17, 15) is 0 Å². The Kier molecular flexibility index (Phi) is 4.11. The largest absolute Gasteiger partial charge is 0.325 e. The topological polar surface area (TPSA) is 26.0 Å². The Hall–Kier alpha value is -0.820. The lowest BCUT2D eigenvalue weighted by atomic mass is 9.72. The summed E-state index contributed by atoms with van der Waals surface area (Å²) in [5, 5.41) is 0. The third-order valence-electron chi connectivity index (χ3n) is 4.73. The van der Waals surface area contributed by atoms with E-state index in [-0.39, 0.29) is 5.54 Å². The Morgan fingerprint density at radius 3 is 2.56 bits per heavy atom. The zero-order valence-corrected chi connectivity index (χ0v) is 12.1. The molecule has 18 heavy (non-hydrogen) atoms. The predicted molar refractivity (Wildman–Crippen MR) is 78.8 cm³/mol. The van der Waals surface area contributed by atoms with E-state index in [2.05, 4.69) is 39.0 Å². The van der Waals surface area contributed by atoms with Crippen LogP contribution in [0.25, 0.3) is 0 Å². The quantitative estimate of drug-likeness (QED) is 0.851. The molecule has 0 saturated heterocycles. The Morgan fingerprint density at radius 1 is 1.28 bits per heavy atom. The summed E-state index contributed by atoms with van der Waals surface area (Å²) in [7, 11) is 0. The van der Waals surface area contributed by atoms with E-state index in [0.717, 1.165) is 12.3 Å². The maximum Gasteiger partial charge on any atom is 0.0197 e. The number of aryl methyl sites for hydroxylation is 2. The summed E-state index contributed by atoms with van der Waals surface area (Å²) in [6.45, 7) is 6.73. The van der Waals surface area contributed by atoms with Crippen molar-refractivity contribution in [2.45, 2.75) is 64.8 Å². The molecule has 0 aromatic heterocycles. The van der Waals surface area contributed by atoms with E-state index < -0.39 is 0 Å². The second kappa shape index (κ2) is 5.44. The smallest absolute Gasteiger partial charge is 0.0197 e. The first-order chi connectivity index (χ1) is 8.54. The summed E-state index contributed by atoms with van der Waals surface area (Å²) >= 11 is 0. The van der Waals surface area contributed by atoms with Crippen LogP contribution >= 0.6 is 0 Å². The summed E-state index contributed by atoms with van der Waals surface area (Å²) < 4.78 is 0. The van der Waals surface area contributed by atoms with Gasteiger partial charge >= 0.3 is 0 Å². The van der Waals surface area contributed by atoms with Gasteiger partial charge in [-0.2, -0.15) is 0 Å². The van der Waals surface area contributed by atoms with Crippen molar-refractivity contribution in [3.8, 4) is 0 Å². The monoisotopic (exact) mass is 245 g/mol. The highest BCUT2D eigenvalue weighted by Gasteiger charge is 2.32. The lowest BCUT2D eigenvalue weighted by Crippen LogP contribution is -2.46. The fraction of sp³-hybridized carbons (Fsp3) is 0.647. The number of rotatable bonds is 3. The third kappa shape index (κ3) is 2.95. The summed E-state index contributed by atoms with van der Waals surface area (Å²) in [5.41, 5.74) is 11.0. The van der Waals surface area contributed by atoms with Gasteiger partial charge in [-0.05, 0) is 55.7 Å². The van der Waals surface area contributed by atoms with Crippen LogP contribution in [0, 0.1) is 19.8 Å². The first kappa shape index (κ1) is 13.6. The van der Waals surface area contributed by atoms with Crippen LogP contribution in [0.5, 0.6) is 0 Å². The molecule has 2 atom stereocenters. The van der Waals surface area contributed by atoms with Gasteiger partial charge in [0, 0.05) is 5.54 Å². The van der Waals surface area contributed by atoms with Gasteiger partial charge in [-0.1, -0.05) is 44.4 Å². The molecule has 1 fully saturated rings. The molecule has 2 rings (SSSR count). The first-order valence-electron chi connectivity index (χ1n) is 7.38. The van der Waals surface area contributed by atoms with Crippen LogP contribution in [0.15, 0.2) is 18.2 Å². The molecule has 1 aliphatic rings. The lowest BCUT2D eigenvalue weighted by Gasteiger charge is -2.38. The molecule has 1 saturated carbocycles. The Balaban J connectivity index is 2.17. The van der Waals surface area contributed by atoms with Crippen LogP contribution in [0.4, 0.5) is 0 Å². The van der Waals surface area contributed by atoms with Crippen molar-refractivity contribution < 1.29 is 0 Å². The molecule has 1 nitrogen and oxygen atoms in total. The Bertz CT molecular complexity index is 390. The second-order valence-electron chi connectivity index (χ2n) is 6.28. The minimum Gasteiger partial charge on any atom is -0.325 e. The minimum atomic E-state index is 0.0375. The summed E-state index contributed by atoms with van der Waals surface area (Å²) in [5.74, 6) is 0.841. The predicted octanol–water partition coefficient (Wildman–Crippen LogP) is 4.14. The maximum atomic E-state index is 6.69. The SMILES string of the molecule is CCC1CCCC(N)(Cc2c(C)cccc2C)C1. The van der Waals surface area contributed by atoms with Crippen molar-refractivity contribution in [3.05, 3.63) is 34.9 Å². The fourth-order valence-electron chi connectivity index (χ4n) is 3.51. The number of benzene rings is 1. The van der Waals surface area contributed by atoms with E-state index in [1.54, 1.807) is 0 Å². The van der Waals surface area contributed by atoms with E-state index in [4.69, 9.17) is 5.73 Å². The molecule has 1 aromatic carbocycles. The molecule has 0 amide bonds. The van der Waals surface area contributed by atoms with Crippen LogP contribution < -0.4 is 5.73 Å². The van der Waals surface area contributed by atoms with Crippen LogP contribution in [-0.4, -0.2) is 5.54 Å². The van der Waals surface area contributed by atoms with Crippen molar-refractivity contribution in [2.75, 3.05) is 0 Å². The highest BCUT2D eigenvalue weighted by atomic mass is 14.7. The average molecular weight is 245 g/mol. The zero-order chi connectivity index (χ0) is 13.2. The van der Waals surface area contributed by atoms with Gasteiger partial charge in [-0.25, -0.2) is 0 Å². The van der Waals surface area contributed by atoms with Crippen LogP contribution in [0.1, 0.15) is 55.7 Å². The standard InChI is InChI=1S/C17H27N/c1-4-15-9-6-10-17(18,11-15)12-16-13(2)7-5-8-14(16)3/h5,7-8,15H,4,6,9-12,18H2,1-3H3. The minimum absolute atomic E-state index is 0.0375. The van der Waals surface area contributed by atoms with Gasteiger partial charge in [0.15, 0.2) is 0 Å². The normalized spacial score (nSPS) is 28.3. The maximum absolute atomic E-state index is 6.69. The molecule has 0 heterocycles. The van der Waals surface area contributed by atoms with Crippen molar-refractivity contribution in [3.63, 3.8) is 0 Å². The molecule has 100 valence electrons. The number of hydrogen-bond acceptors (Lipinski definition) is 1. The van der Waals surface area contributed by atoms with E-state index in [1.807, 2.05) is 0 Å². The van der Waals surface area contributed by atoms with Crippen LogP contribution in [-0.2, 0) is 6.42 Å². The number of nitrogens with two attached hydrogens (primary N) is 1. The lowest BCUT2D eigenvalue weighted by molar-refractivity contribution is 0.218. The molecular formula is C17H27N. The first-order valence-corrected chi connectivity index (χ1v) is 7.38.